The molecule has 0 heterocycles. The summed E-state index contributed by atoms with van der Waals surface area (Å²) in [4.78, 5) is 10.7. The lowest BCUT2D eigenvalue weighted by atomic mass is 9.96. The number of anilines is 1. The van der Waals surface area contributed by atoms with Gasteiger partial charge in [0, 0.05) is 11.6 Å². The predicted octanol–water partition coefficient (Wildman–Crippen LogP) is 4.79. The molecule has 0 saturated carbocycles. The molecule has 3 aromatic rings. The highest BCUT2D eigenvalue weighted by molar-refractivity contribution is 5.87. The van der Waals surface area contributed by atoms with Gasteiger partial charge in [-0.25, -0.2) is 8.78 Å². The van der Waals surface area contributed by atoms with Crippen molar-refractivity contribution in [2.45, 2.75) is 0 Å². The van der Waals surface area contributed by atoms with Gasteiger partial charge in [0.2, 0.25) is 0 Å². The summed E-state index contributed by atoms with van der Waals surface area (Å²) in [5, 5.41) is 11.3. The van der Waals surface area contributed by atoms with Gasteiger partial charge in [0.05, 0.1) is 4.92 Å². The number of hydrogen-bond donors (Lipinski definition) is 1. The predicted molar refractivity (Wildman–Crippen MR) is 88.3 cm³/mol. The molecule has 0 aromatic heterocycles. The number of rotatable bonds is 3. The Hall–Kier alpha value is -3.28. The number of nitrogens with two attached hydrogens (primary N) is 1. The highest BCUT2D eigenvalue weighted by Crippen LogP contribution is 2.38. The molecule has 24 heavy (non-hydrogen) atoms. The van der Waals surface area contributed by atoms with E-state index in [9.17, 15) is 18.9 Å². The van der Waals surface area contributed by atoms with Gasteiger partial charge < -0.3 is 5.73 Å². The van der Waals surface area contributed by atoms with Crippen LogP contribution < -0.4 is 5.73 Å². The average molecular weight is 326 g/mol. The number of nitro groups is 1. The van der Waals surface area contributed by atoms with Gasteiger partial charge in [0.15, 0.2) is 0 Å². The van der Waals surface area contributed by atoms with Crippen LogP contribution in [-0.2, 0) is 0 Å². The summed E-state index contributed by atoms with van der Waals surface area (Å²) in [7, 11) is 0. The van der Waals surface area contributed by atoms with E-state index in [1.807, 2.05) is 0 Å². The molecular formula is C18H12F2N2O2. The minimum Gasteiger partial charge on any atom is -0.393 e. The number of hydrogen-bond acceptors (Lipinski definition) is 3. The smallest absolute Gasteiger partial charge is 0.293 e. The van der Waals surface area contributed by atoms with E-state index in [2.05, 4.69) is 0 Å². The number of nitrogens with zero attached hydrogens (tertiary/aromatic N) is 1. The van der Waals surface area contributed by atoms with Crippen LogP contribution in [0.1, 0.15) is 0 Å². The van der Waals surface area contributed by atoms with E-state index >= 15 is 0 Å². The first-order chi connectivity index (χ1) is 11.5. The molecule has 0 aliphatic carbocycles. The molecule has 0 saturated heterocycles. The Bertz CT molecular complexity index is 908. The lowest BCUT2D eigenvalue weighted by molar-refractivity contribution is -0.383. The second kappa shape index (κ2) is 6.08. The molecule has 0 atom stereocenters. The van der Waals surface area contributed by atoms with Gasteiger partial charge in [-0.15, -0.1) is 0 Å². The van der Waals surface area contributed by atoms with E-state index in [-0.39, 0.29) is 11.4 Å². The van der Waals surface area contributed by atoms with Crippen molar-refractivity contribution < 1.29 is 13.7 Å². The normalized spacial score (nSPS) is 10.6. The maximum atomic E-state index is 13.1. The minimum atomic E-state index is -0.574. The van der Waals surface area contributed by atoms with Crippen molar-refractivity contribution in [3.05, 3.63) is 82.4 Å². The lowest BCUT2D eigenvalue weighted by Gasteiger charge is -2.10. The molecule has 0 aliphatic heterocycles. The molecule has 3 rings (SSSR count). The average Bonchev–Trinajstić information content (AvgIpc) is 2.56. The van der Waals surface area contributed by atoms with Gasteiger partial charge >= 0.3 is 0 Å². The van der Waals surface area contributed by atoms with E-state index < -0.39 is 16.6 Å². The van der Waals surface area contributed by atoms with Crippen LogP contribution >= 0.6 is 0 Å². The lowest BCUT2D eigenvalue weighted by Crippen LogP contribution is -1.99. The summed E-state index contributed by atoms with van der Waals surface area (Å²) in [6.07, 6.45) is 0. The highest BCUT2D eigenvalue weighted by atomic mass is 19.1. The van der Waals surface area contributed by atoms with Crippen molar-refractivity contribution in [2.24, 2.45) is 0 Å². The Morgan fingerprint density at radius 3 is 1.79 bits per heavy atom. The van der Waals surface area contributed by atoms with Gasteiger partial charge in [-0.1, -0.05) is 24.3 Å². The van der Waals surface area contributed by atoms with Crippen LogP contribution in [0, 0.1) is 21.7 Å². The Morgan fingerprint density at radius 2 is 1.29 bits per heavy atom. The van der Waals surface area contributed by atoms with Crippen molar-refractivity contribution in [1.29, 1.82) is 0 Å². The van der Waals surface area contributed by atoms with E-state index in [4.69, 9.17) is 5.73 Å². The summed E-state index contributed by atoms with van der Waals surface area (Å²) >= 11 is 0. The zero-order valence-corrected chi connectivity index (χ0v) is 12.4. The maximum absolute atomic E-state index is 13.1. The Morgan fingerprint density at radius 1 is 0.792 bits per heavy atom. The fourth-order valence-electron chi connectivity index (χ4n) is 2.47. The SMILES string of the molecule is Nc1c(-c2ccc(F)cc2)cc(-c2ccc(F)cc2)cc1[N+](=O)[O-]. The molecule has 0 radical (unpaired) electrons. The first-order valence-electron chi connectivity index (χ1n) is 7.05. The van der Waals surface area contributed by atoms with Crippen LogP contribution in [0.15, 0.2) is 60.7 Å². The second-order valence-electron chi connectivity index (χ2n) is 5.23. The maximum Gasteiger partial charge on any atom is 0.293 e. The van der Waals surface area contributed by atoms with Crippen molar-refractivity contribution in [3.63, 3.8) is 0 Å². The molecule has 0 bridgehead atoms. The standard InChI is InChI=1S/C18H12F2N2O2/c19-14-5-1-11(2-6-14)13-9-16(12-3-7-15(20)8-4-12)18(21)17(10-13)22(23)24/h1-10H,21H2. The largest absolute Gasteiger partial charge is 0.393 e. The fourth-order valence-corrected chi connectivity index (χ4v) is 2.47. The van der Waals surface area contributed by atoms with E-state index in [1.54, 1.807) is 6.07 Å². The number of halogens is 2. The van der Waals surface area contributed by atoms with Crippen LogP contribution in [0.5, 0.6) is 0 Å². The molecular weight excluding hydrogens is 314 g/mol. The van der Waals surface area contributed by atoms with Gasteiger partial charge in [-0.05, 0) is 47.0 Å². The first kappa shape index (κ1) is 15.6. The van der Waals surface area contributed by atoms with Gasteiger partial charge in [-0.3, -0.25) is 10.1 Å². The summed E-state index contributed by atoms with van der Waals surface area (Å²) in [5.41, 5.74) is 7.79. The van der Waals surface area contributed by atoms with Crippen LogP contribution in [0.4, 0.5) is 20.2 Å². The quantitative estimate of drug-likeness (QED) is 0.427. The fraction of sp³-hybridized carbons (Fsp3) is 0. The number of nitro benzene ring substituents is 1. The van der Waals surface area contributed by atoms with Crippen molar-refractivity contribution in [2.75, 3.05) is 5.73 Å². The summed E-state index contributed by atoms with van der Waals surface area (Å²) in [5.74, 6) is -0.816. The van der Waals surface area contributed by atoms with Crippen LogP contribution in [0.2, 0.25) is 0 Å². The number of benzene rings is 3. The second-order valence-corrected chi connectivity index (χ2v) is 5.23. The topological polar surface area (TPSA) is 69.2 Å². The molecule has 6 heteroatoms. The molecule has 2 N–H and O–H groups in total. The zero-order chi connectivity index (χ0) is 17.3. The molecule has 0 amide bonds. The summed E-state index contributed by atoms with van der Waals surface area (Å²) in [6, 6.07) is 14.1. The van der Waals surface area contributed by atoms with E-state index in [1.165, 1.54) is 54.6 Å². The molecule has 3 aromatic carbocycles. The van der Waals surface area contributed by atoms with Gasteiger partial charge in [-0.2, -0.15) is 0 Å². The van der Waals surface area contributed by atoms with Gasteiger partial charge in [0.25, 0.3) is 5.69 Å². The molecule has 0 fully saturated rings. The van der Waals surface area contributed by atoms with Crippen LogP contribution in [0.3, 0.4) is 0 Å². The Balaban J connectivity index is 2.22. The molecule has 0 unspecified atom stereocenters. The molecule has 0 aliphatic rings. The van der Waals surface area contributed by atoms with Crippen LogP contribution in [0.25, 0.3) is 22.3 Å². The molecule has 4 nitrogen and oxygen atoms in total. The third-order valence-electron chi connectivity index (χ3n) is 3.69. The van der Waals surface area contributed by atoms with E-state index in [0.29, 0.717) is 22.3 Å². The Kier molecular flexibility index (Phi) is 3.95. The monoisotopic (exact) mass is 326 g/mol. The van der Waals surface area contributed by atoms with Crippen molar-refractivity contribution >= 4 is 11.4 Å². The van der Waals surface area contributed by atoms with Crippen molar-refractivity contribution in [1.82, 2.24) is 0 Å². The highest BCUT2D eigenvalue weighted by Gasteiger charge is 2.19. The summed E-state index contributed by atoms with van der Waals surface area (Å²) < 4.78 is 26.2. The third-order valence-corrected chi connectivity index (χ3v) is 3.69. The molecule has 120 valence electrons. The van der Waals surface area contributed by atoms with E-state index in [0.717, 1.165) is 0 Å². The summed E-state index contributed by atoms with van der Waals surface area (Å²) in [6.45, 7) is 0. The molecule has 0 spiro atoms. The third kappa shape index (κ3) is 2.94. The van der Waals surface area contributed by atoms with Crippen molar-refractivity contribution in [3.8, 4) is 22.3 Å². The number of nitrogen functional groups attached to an aromatic ring is 1. The van der Waals surface area contributed by atoms with Gasteiger partial charge in [0.1, 0.15) is 17.3 Å². The zero-order valence-electron chi connectivity index (χ0n) is 12.4. The minimum absolute atomic E-state index is 0.00234. The first-order valence-corrected chi connectivity index (χ1v) is 7.05. The van der Waals surface area contributed by atoms with Crippen LogP contribution in [-0.4, -0.2) is 4.92 Å². The Labute approximate surface area is 136 Å².